The standard InChI is InChI=1S/C26H27ClN6/c1-18(13-19-7-6-8-20(14-19)17-28)30-26-29-12-11-25(32-26)33(2)22-15-23(31-24(27)16-22)21-9-4-3-5-10-21/h3-12,14-16,18H,13,17,28H2,1-2H3,(H,29,30,32). The van der Waals surface area contributed by atoms with Crippen LogP contribution in [0.1, 0.15) is 18.1 Å². The van der Waals surface area contributed by atoms with Gasteiger partial charge in [0.2, 0.25) is 5.95 Å². The maximum absolute atomic E-state index is 6.34. The van der Waals surface area contributed by atoms with Crippen molar-refractivity contribution in [3.63, 3.8) is 0 Å². The van der Waals surface area contributed by atoms with Gasteiger partial charge in [-0.2, -0.15) is 4.98 Å². The van der Waals surface area contributed by atoms with Crippen molar-refractivity contribution in [1.29, 1.82) is 0 Å². The molecule has 33 heavy (non-hydrogen) atoms. The summed E-state index contributed by atoms with van der Waals surface area (Å²) in [6.45, 7) is 2.65. The smallest absolute Gasteiger partial charge is 0.224 e. The van der Waals surface area contributed by atoms with E-state index in [-0.39, 0.29) is 6.04 Å². The second-order valence-electron chi connectivity index (χ2n) is 7.97. The Morgan fingerprint density at radius 1 is 0.970 bits per heavy atom. The van der Waals surface area contributed by atoms with Crippen molar-refractivity contribution < 1.29 is 0 Å². The lowest BCUT2D eigenvalue weighted by Gasteiger charge is -2.21. The molecule has 1 atom stereocenters. The number of hydrogen-bond donors (Lipinski definition) is 2. The molecule has 1 unspecified atom stereocenters. The first kappa shape index (κ1) is 22.7. The van der Waals surface area contributed by atoms with Crippen LogP contribution in [0.3, 0.4) is 0 Å². The number of nitrogens with two attached hydrogens (primary N) is 1. The second-order valence-corrected chi connectivity index (χ2v) is 8.36. The molecule has 2 aromatic carbocycles. The molecule has 168 valence electrons. The summed E-state index contributed by atoms with van der Waals surface area (Å²) in [5.74, 6) is 1.33. The van der Waals surface area contributed by atoms with Crippen molar-refractivity contribution >= 4 is 29.1 Å². The molecule has 0 amide bonds. The Hall–Kier alpha value is -3.48. The van der Waals surface area contributed by atoms with E-state index in [1.807, 2.05) is 72.6 Å². The van der Waals surface area contributed by atoms with Crippen molar-refractivity contribution in [1.82, 2.24) is 15.0 Å². The molecule has 2 aromatic heterocycles. The quantitative estimate of drug-likeness (QED) is 0.341. The van der Waals surface area contributed by atoms with E-state index in [9.17, 15) is 0 Å². The Balaban J connectivity index is 1.51. The van der Waals surface area contributed by atoms with Gasteiger partial charge in [0.25, 0.3) is 0 Å². The van der Waals surface area contributed by atoms with E-state index in [2.05, 4.69) is 34.3 Å². The van der Waals surface area contributed by atoms with Crippen LogP contribution >= 0.6 is 11.6 Å². The van der Waals surface area contributed by atoms with Gasteiger partial charge in [0.15, 0.2) is 0 Å². The third-order valence-electron chi connectivity index (χ3n) is 5.36. The number of nitrogens with one attached hydrogen (secondary N) is 1. The van der Waals surface area contributed by atoms with Gasteiger partial charge in [-0.1, -0.05) is 66.2 Å². The lowest BCUT2D eigenvalue weighted by Crippen LogP contribution is -2.21. The first-order valence-electron chi connectivity index (χ1n) is 10.9. The molecule has 6 nitrogen and oxygen atoms in total. The lowest BCUT2D eigenvalue weighted by atomic mass is 10.0. The van der Waals surface area contributed by atoms with Crippen LogP contribution in [-0.4, -0.2) is 28.0 Å². The molecule has 0 fully saturated rings. The fourth-order valence-corrected chi connectivity index (χ4v) is 3.88. The highest BCUT2D eigenvalue weighted by Gasteiger charge is 2.12. The van der Waals surface area contributed by atoms with Gasteiger partial charge in [-0.15, -0.1) is 0 Å². The molecule has 0 saturated carbocycles. The molecule has 3 N–H and O–H groups in total. The molecular weight excluding hydrogens is 432 g/mol. The number of hydrogen-bond acceptors (Lipinski definition) is 6. The Morgan fingerprint density at radius 3 is 2.55 bits per heavy atom. The highest BCUT2D eigenvalue weighted by atomic mass is 35.5. The summed E-state index contributed by atoms with van der Waals surface area (Å²) in [5, 5.41) is 3.83. The fourth-order valence-electron chi connectivity index (χ4n) is 3.68. The van der Waals surface area contributed by atoms with Gasteiger partial charge in [0, 0.05) is 37.1 Å². The number of aromatic nitrogens is 3. The Labute approximate surface area is 199 Å². The molecule has 0 saturated heterocycles. The summed E-state index contributed by atoms with van der Waals surface area (Å²) in [5.41, 5.74) is 10.8. The van der Waals surface area contributed by atoms with E-state index < -0.39 is 0 Å². The zero-order valence-corrected chi connectivity index (χ0v) is 19.5. The van der Waals surface area contributed by atoms with E-state index in [1.54, 1.807) is 6.20 Å². The van der Waals surface area contributed by atoms with Crippen molar-refractivity contribution in [3.05, 3.63) is 95.3 Å². The predicted octanol–water partition coefficient (Wildman–Crippen LogP) is 5.46. The van der Waals surface area contributed by atoms with Gasteiger partial charge in [0.1, 0.15) is 11.0 Å². The molecule has 0 spiro atoms. The van der Waals surface area contributed by atoms with Crippen LogP contribution in [0, 0.1) is 0 Å². The highest BCUT2D eigenvalue weighted by Crippen LogP contribution is 2.29. The molecule has 0 aliphatic rings. The van der Waals surface area contributed by atoms with Crippen LogP contribution in [-0.2, 0) is 13.0 Å². The minimum Gasteiger partial charge on any atom is -0.351 e. The molecule has 0 aliphatic carbocycles. The van der Waals surface area contributed by atoms with Gasteiger partial charge >= 0.3 is 0 Å². The molecule has 0 bridgehead atoms. The minimum atomic E-state index is 0.152. The van der Waals surface area contributed by atoms with Crippen LogP contribution < -0.4 is 16.0 Å². The van der Waals surface area contributed by atoms with E-state index in [0.29, 0.717) is 17.6 Å². The van der Waals surface area contributed by atoms with Crippen molar-refractivity contribution in [3.8, 4) is 11.3 Å². The summed E-state index contributed by atoms with van der Waals surface area (Å²) < 4.78 is 0. The van der Waals surface area contributed by atoms with Crippen LogP contribution in [0.5, 0.6) is 0 Å². The Kier molecular flexibility index (Phi) is 7.17. The summed E-state index contributed by atoms with van der Waals surface area (Å²) in [6.07, 6.45) is 2.60. The number of rotatable bonds is 8. The summed E-state index contributed by atoms with van der Waals surface area (Å²) in [4.78, 5) is 15.6. The monoisotopic (exact) mass is 458 g/mol. The number of pyridine rings is 1. The van der Waals surface area contributed by atoms with Crippen LogP contribution in [0.15, 0.2) is 79.0 Å². The van der Waals surface area contributed by atoms with E-state index in [4.69, 9.17) is 22.3 Å². The van der Waals surface area contributed by atoms with E-state index in [0.717, 1.165) is 34.7 Å². The largest absolute Gasteiger partial charge is 0.351 e. The van der Waals surface area contributed by atoms with Crippen molar-refractivity contribution in [2.75, 3.05) is 17.3 Å². The Bertz CT molecular complexity index is 1210. The molecule has 0 aliphatic heterocycles. The molecule has 2 heterocycles. The van der Waals surface area contributed by atoms with Gasteiger partial charge in [0.05, 0.1) is 5.69 Å². The fraction of sp³-hybridized carbons (Fsp3) is 0.192. The average molecular weight is 459 g/mol. The SMILES string of the molecule is CC(Cc1cccc(CN)c1)Nc1nccc(N(C)c2cc(Cl)nc(-c3ccccc3)c2)n1. The van der Waals surface area contributed by atoms with Crippen LogP contribution in [0.25, 0.3) is 11.3 Å². The molecule has 4 rings (SSSR count). The van der Waals surface area contributed by atoms with E-state index >= 15 is 0 Å². The molecule has 0 radical (unpaired) electrons. The summed E-state index contributed by atoms with van der Waals surface area (Å²) in [6, 6.07) is 24.2. The van der Waals surface area contributed by atoms with Gasteiger partial charge in [-0.25, -0.2) is 9.97 Å². The molecule has 7 heteroatoms. The normalized spacial score (nSPS) is 11.8. The minimum absolute atomic E-state index is 0.152. The maximum Gasteiger partial charge on any atom is 0.224 e. The number of benzene rings is 2. The van der Waals surface area contributed by atoms with Gasteiger partial charge < -0.3 is 16.0 Å². The zero-order chi connectivity index (χ0) is 23.2. The third kappa shape index (κ3) is 5.86. The predicted molar refractivity (Wildman–Crippen MR) is 136 cm³/mol. The highest BCUT2D eigenvalue weighted by molar-refractivity contribution is 6.29. The topological polar surface area (TPSA) is 80.0 Å². The zero-order valence-electron chi connectivity index (χ0n) is 18.7. The third-order valence-corrected chi connectivity index (χ3v) is 5.56. The first-order valence-corrected chi connectivity index (χ1v) is 11.2. The Morgan fingerprint density at radius 2 is 1.76 bits per heavy atom. The van der Waals surface area contributed by atoms with Gasteiger partial charge in [-0.3, -0.25) is 0 Å². The van der Waals surface area contributed by atoms with Crippen molar-refractivity contribution in [2.45, 2.75) is 25.9 Å². The van der Waals surface area contributed by atoms with Crippen LogP contribution in [0.4, 0.5) is 17.5 Å². The lowest BCUT2D eigenvalue weighted by molar-refractivity contribution is 0.775. The summed E-state index contributed by atoms with van der Waals surface area (Å²) >= 11 is 6.34. The average Bonchev–Trinajstić information content (AvgIpc) is 2.84. The number of halogens is 1. The maximum atomic E-state index is 6.34. The number of anilines is 3. The first-order chi connectivity index (χ1) is 16.0. The molecular formula is C26H27ClN6. The van der Waals surface area contributed by atoms with Gasteiger partial charge in [-0.05, 0) is 42.7 Å². The number of nitrogens with zero attached hydrogens (tertiary/aromatic N) is 4. The van der Waals surface area contributed by atoms with E-state index in [1.165, 1.54) is 5.56 Å². The summed E-state index contributed by atoms with van der Waals surface area (Å²) in [7, 11) is 1.95. The molecule has 4 aromatic rings. The van der Waals surface area contributed by atoms with Crippen LogP contribution in [0.2, 0.25) is 5.15 Å². The van der Waals surface area contributed by atoms with Crippen molar-refractivity contribution in [2.24, 2.45) is 5.73 Å². The second kappa shape index (κ2) is 10.4.